The molecule has 0 atom stereocenters. The van der Waals surface area contributed by atoms with E-state index in [9.17, 15) is 9.59 Å². The summed E-state index contributed by atoms with van der Waals surface area (Å²) < 4.78 is 0. The SMILES string of the molecule is CSCCCCCCNC(=O)c1ccc(C(=O)O)c(C)n1. The summed E-state index contributed by atoms with van der Waals surface area (Å²) in [5.74, 6) is -0.0952. The Morgan fingerprint density at radius 3 is 2.57 bits per heavy atom. The molecule has 0 bridgehead atoms. The molecule has 0 radical (unpaired) electrons. The Balaban J connectivity index is 2.35. The minimum atomic E-state index is -1.03. The van der Waals surface area contributed by atoms with E-state index in [0.717, 1.165) is 12.8 Å². The lowest BCUT2D eigenvalue weighted by Crippen LogP contribution is -2.25. The Hall–Kier alpha value is -1.56. The smallest absolute Gasteiger partial charge is 0.337 e. The molecule has 0 aliphatic heterocycles. The third kappa shape index (κ3) is 6.16. The van der Waals surface area contributed by atoms with E-state index >= 15 is 0 Å². The number of pyridine rings is 1. The van der Waals surface area contributed by atoms with E-state index in [1.807, 2.05) is 11.8 Å². The molecule has 0 saturated carbocycles. The summed E-state index contributed by atoms with van der Waals surface area (Å²) in [5, 5.41) is 11.7. The van der Waals surface area contributed by atoms with E-state index in [1.165, 1.54) is 30.7 Å². The van der Waals surface area contributed by atoms with Crippen molar-refractivity contribution in [1.82, 2.24) is 10.3 Å². The summed E-state index contributed by atoms with van der Waals surface area (Å²) >= 11 is 1.85. The molecule has 0 aliphatic rings. The van der Waals surface area contributed by atoms with Crippen LogP contribution in [0, 0.1) is 6.92 Å². The van der Waals surface area contributed by atoms with Crippen molar-refractivity contribution in [3.63, 3.8) is 0 Å². The fraction of sp³-hybridized carbons (Fsp3) is 0.533. The number of unbranched alkanes of at least 4 members (excludes halogenated alkanes) is 3. The van der Waals surface area contributed by atoms with Crippen LogP contribution in [0.25, 0.3) is 0 Å². The maximum Gasteiger partial charge on any atom is 0.337 e. The second kappa shape index (κ2) is 9.39. The highest BCUT2D eigenvalue weighted by Crippen LogP contribution is 2.07. The zero-order chi connectivity index (χ0) is 15.7. The maximum absolute atomic E-state index is 11.9. The first-order valence-corrected chi connectivity index (χ1v) is 8.43. The van der Waals surface area contributed by atoms with Gasteiger partial charge in [-0.3, -0.25) is 4.79 Å². The molecule has 0 aliphatic carbocycles. The molecule has 0 aromatic carbocycles. The topological polar surface area (TPSA) is 79.3 Å². The molecule has 1 aromatic heterocycles. The molecule has 1 amide bonds. The number of aryl methyl sites for hydroxylation is 1. The van der Waals surface area contributed by atoms with E-state index in [-0.39, 0.29) is 17.2 Å². The van der Waals surface area contributed by atoms with Gasteiger partial charge in [0.1, 0.15) is 5.69 Å². The average molecular weight is 310 g/mol. The zero-order valence-corrected chi connectivity index (χ0v) is 13.3. The Morgan fingerprint density at radius 2 is 1.95 bits per heavy atom. The molecule has 0 spiro atoms. The van der Waals surface area contributed by atoms with Gasteiger partial charge >= 0.3 is 5.97 Å². The summed E-state index contributed by atoms with van der Waals surface area (Å²) in [5.41, 5.74) is 0.743. The number of rotatable bonds is 9. The molecule has 1 aromatic rings. The number of hydrogen-bond donors (Lipinski definition) is 2. The standard InChI is InChI=1S/C15H22N2O3S/c1-11-12(15(19)20)7-8-13(17-11)14(18)16-9-5-3-4-6-10-21-2/h7-8H,3-6,9-10H2,1-2H3,(H,16,18)(H,19,20). The van der Waals surface area contributed by atoms with Gasteiger partial charge in [-0.05, 0) is 43.9 Å². The lowest BCUT2D eigenvalue weighted by Gasteiger charge is -2.06. The van der Waals surface area contributed by atoms with Gasteiger partial charge in [0.05, 0.1) is 11.3 Å². The minimum absolute atomic E-state index is 0.125. The molecule has 116 valence electrons. The number of carboxylic acid groups (broad SMARTS) is 1. The van der Waals surface area contributed by atoms with Gasteiger partial charge in [0, 0.05) is 6.54 Å². The number of aromatic nitrogens is 1. The van der Waals surface area contributed by atoms with E-state index in [0.29, 0.717) is 12.2 Å². The molecule has 1 heterocycles. The lowest BCUT2D eigenvalue weighted by atomic mass is 10.2. The summed E-state index contributed by atoms with van der Waals surface area (Å²) in [6.45, 7) is 2.21. The van der Waals surface area contributed by atoms with Gasteiger partial charge in [0.15, 0.2) is 0 Å². The number of aromatic carboxylic acids is 1. The number of amides is 1. The molecule has 1 rings (SSSR count). The number of nitrogens with zero attached hydrogens (tertiary/aromatic N) is 1. The van der Waals surface area contributed by atoms with Crippen LogP contribution in [0.1, 0.15) is 52.2 Å². The van der Waals surface area contributed by atoms with Crippen molar-refractivity contribution >= 4 is 23.6 Å². The number of carbonyl (C=O) groups is 2. The van der Waals surface area contributed by atoms with Crippen molar-refractivity contribution in [3.8, 4) is 0 Å². The molecular weight excluding hydrogens is 288 g/mol. The lowest BCUT2D eigenvalue weighted by molar-refractivity contribution is 0.0694. The van der Waals surface area contributed by atoms with Crippen molar-refractivity contribution in [3.05, 3.63) is 29.1 Å². The molecule has 0 fully saturated rings. The number of nitrogens with one attached hydrogen (secondary N) is 1. The first-order valence-electron chi connectivity index (χ1n) is 7.04. The molecule has 5 nitrogen and oxygen atoms in total. The summed E-state index contributed by atoms with van der Waals surface area (Å²) in [6, 6.07) is 2.87. The second-order valence-electron chi connectivity index (χ2n) is 4.80. The van der Waals surface area contributed by atoms with Crippen LogP contribution in [0.15, 0.2) is 12.1 Å². The largest absolute Gasteiger partial charge is 0.478 e. The van der Waals surface area contributed by atoms with Crippen LogP contribution in [0.2, 0.25) is 0 Å². The molecule has 21 heavy (non-hydrogen) atoms. The molecule has 0 saturated heterocycles. The van der Waals surface area contributed by atoms with Crippen LogP contribution < -0.4 is 5.32 Å². The Morgan fingerprint density at radius 1 is 1.24 bits per heavy atom. The van der Waals surface area contributed by atoms with Crippen LogP contribution in [0.5, 0.6) is 0 Å². The molecule has 2 N–H and O–H groups in total. The van der Waals surface area contributed by atoms with Gasteiger partial charge in [0.2, 0.25) is 0 Å². The van der Waals surface area contributed by atoms with Crippen LogP contribution in [0.3, 0.4) is 0 Å². The first kappa shape index (κ1) is 17.5. The van der Waals surface area contributed by atoms with Crippen LogP contribution in [0.4, 0.5) is 0 Å². The first-order chi connectivity index (χ1) is 10.1. The highest BCUT2D eigenvalue weighted by molar-refractivity contribution is 7.98. The summed E-state index contributed by atoms with van der Waals surface area (Å²) in [7, 11) is 0. The highest BCUT2D eigenvalue weighted by Gasteiger charge is 2.12. The Bertz CT molecular complexity index is 492. The number of carbonyl (C=O) groups excluding carboxylic acids is 1. The van der Waals surface area contributed by atoms with Crippen molar-refractivity contribution in [2.75, 3.05) is 18.6 Å². The van der Waals surface area contributed by atoms with Gasteiger partial charge in [0.25, 0.3) is 5.91 Å². The van der Waals surface area contributed by atoms with E-state index in [2.05, 4.69) is 16.6 Å². The molecular formula is C15H22N2O3S. The average Bonchev–Trinajstić information content (AvgIpc) is 2.45. The van der Waals surface area contributed by atoms with Crippen molar-refractivity contribution < 1.29 is 14.7 Å². The third-order valence-electron chi connectivity index (χ3n) is 3.11. The quantitative estimate of drug-likeness (QED) is 0.686. The second-order valence-corrected chi connectivity index (χ2v) is 5.78. The number of thioether (sulfide) groups is 1. The third-order valence-corrected chi connectivity index (χ3v) is 3.81. The van der Waals surface area contributed by atoms with Crippen molar-refractivity contribution in [2.24, 2.45) is 0 Å². The Labute approximate surface area is 129 Å². The van der Waals surface area contributed by atoms with Gasteiger partial charge in [-0.1, -0.05) is 12.8 Å². The summed E-state index contributed by atoms with van der Waals surface area (Å²) in [6.07, 6.45) is 6.55. The van der Waals surface area contributed by atoms with Gasteiger partial charge in [-0.25, -0.2) is 9.78 Å². The summed E-state index contributed by atoms with van der Waals surface area (Å²) in [4.78, 5) is 26.8. The van der Waals surface area contributed by atoms with Gasteiger partial charge < -0.3 is 10.4 Å². The van der Waals surface area contributed by atoms with E-state index < -0.39 is 5.97 Å². The van der Waals surface area contributed by atoms with Crippen LogP contribution in [-0.2, 0) is 0 Å². The predicted molar refractivity (Wildman–Crippen MR) is 85.1 cm³/mol. The molecule has 0 unspecified atom stereocenters. The number of carboxylic acids is 1. The van der Waals surface area contributed by atoms with E-state index in [1.54, 1.807) is 6.92 Å². The fourth-order valence-corrected chi connectivity index (χ4v) is 2.42. The van der Waals surface area contributed by atoms with Crippen molar-refractivity contribution in [2.45, 2.75) is 32.6 Å². The van der Waals surface area contributed by atoms with Crippen LogP contribution >= 0.6 is 11.8 Å². The number of hydrogen-bond acceptors (Lipinski definition) is 4. The monoisotopic (exact) mass is 310 g/mol. The Kier molecular flexibility index (Phi) is 7.82. The fourth-order valence-electron chi connectivity index (χ4n) is 1.93. The minimum Gasteiger partial charge on any atom is -0.478 e. The zero-order valence-electron chi connectivity index (χ0n) is 12.5. The molecule has 6 heteroatoms. The van der Waals surface area contributed by atoms with Gasteiger partial charge in [-0.2, -0.15) is 11.8 Å². The van der Waals surface area contributed by atoms with Crippen molar-refractivity contribution in [1.29, 1.82) is 0 Å². The maximum atomic E-state index is 11.9. The predicted octanol–water partition coefficient (Wildman–Crippen LogP) is 2.74. The van der Waals surface area contributed by atoms with Crippen LogP contribution in [-0.4, -0.2) is 40.5 Å². The normalized spacial score (nSPS) is 10.4. The van der Waals surface area contributed by atoms with E-state index in [4.69, 9.17) is 5.11 Å². The highest BCUT2D eigenvalue weighted by atomic mass is 32.2. The van der Waals surface area contributed by atoms with Gasteiger partial charge in [-0.15, -0.1) is 0 Å².